The third kappa shape index (κ3) is 4.08. The van der Waals surface area contributed by atoms with Crippen molar-refractivity contribution in [2.24, 2.45) is 10.8 Å². The van der Waals surface area contributed by atoms with Crippen LogP contribution in [0.25, 0.3) is 0 Å². The normalized spacial score (nSPS) is 22.4. The monoisotopic (exact) mass is 277 g/mol. The van der Waals surface area contributed by atoms with Gasteiger partial charge in [0.1, 0.15) is 0 Å². The third-order valence-corrected chi connectivity index (χ3v) is 4.33. The predicted molar refractivity (Wildman–Crippen MR) is 84.7 cm³/mol. The standard InChI is InChI=1S/C17H31N3/c1-13(2)20-11-14(10-19-20)9-18-15-7-16(3,4)12-17(5,6)8-15/h10-11,13,15,18H,7-9,12H2,1-6H3. The van der Waals surface area contributed by atoms with E-state index >= 15 is 0 Å². The molecule has 0 unspecified atom stereocenters. The van der Waals surface area contributed by atoms with Gasteiger partial charge in [0.05, 0.1) is 6.20 Å². The fraction of sp³-hybridized carbons (Fsp3) is 0.824. The van der Waals surface area contributed by atoms with E-state index in [1.54, 1.807) is 0 Å². The predicted octanol–water partition coefficient (Wildman–Crippen LogP) is 4.16. The number of hydrogen-bond donors (Lipinski definition) is 1. The Morgan fingerprint density at radius 1 is 1.25 bits per heavy atom. The summed E-state index contributed by atoms with van der Waals surface area (Å²) < 4.78 is 2.03. The van der Waals surface area contributed by atoms with Crippen molar-refractivity contribution in [1.29, 1.82) is 0 Å². The van der Waals surface area contributed by atoms with Crippen molar-refractivity contribution in [1.82, 2.24) is 15.1 Å². The van der Waals surface area contributed by atoms with Crippen LogP contribution in [-0.4, -0.2) is 15.8 Å². The summed E-state index contributed by atoms with van der Waals surface area (Å²) in [6.45, 7) is 14.9. The molecule has 114 valence electrons. The molecule has 3 heteroatoms. The van der Waals surface area contributed by atoms with Gasteiger partial charge in [-0.25, -0.2) is 0 Å². The molecule has 0 bridgehead atoms. The average Bonchev–Trinajstić information content (AvgIpc) is 2.70. The third-order valence-electron chi connectivity index (χ3n) is 4.33. The minimum atomic E-state index is 0.441. The second kappa shape index (κ2) is 5.51. The van der Waals surface area contributed by atoms with Gasteiger partial charge < -0.3 is 5.32 Å². The summed E-state index contributed by atoms with van der Waals surface area (Å²) in [6.07, 6.45) is 8.02. The Kier molecular flexibility index (Phi) is 4.29. The van der Waals surface area contributed by atoms with E-state index < -0.39 is 0 Å². The van der Waals surface area contributed by atoms with Gasteiger partial charge in [0.25, 0.3) is 0 Å². The van der Waals surface area contributed by atoms with Crippen LogP contribution in [0.3, 0.4) is 0 Å². The molecule has 0 spiro atoms. The molecule has 0 aromatic carbocycles. The zero-order valence-corrected chi connectivity index (χ0v) is 14.0. The van der Waals surface area contributed by atoms with E-state index in [0.717, 1.165) is 6.54 Å². The summed E-state index contributed by atoms with van der Waals surface area (Å²) >= 11 is 0. The molecule has 1 heterocycles. The number of nitrogens with one attached hydrogen (secondary N) is 1. The first-order valence-corrected chi connectivity index (χ1v) is 7.93. The van der Waals surface area contributed by atoms with Gasteiger partial charge in [-0.1, -0.05) is 27.7 Å². The van der Waals surface area contributed by atoms with Crippen LogP contribution >= 0.6 is 0 Å². The fourth-order valence-corrected chi connectivity index (χ4v) is 4.00. The lowest BCUT2D eigenvalue weighted by Gasteiger charge is -2.45. The molecular formula is C17H31N3. The first kappa shape index (κ1) is 15.6. The Labute approximate surface area is 124 Å². The van der Waals surface area contributed by atoms with E-state index in [2.05, 4.69) is 58.2 Å². The quantitative estimate of drug-likeness (QED) is 0.895. The summed E-state index contributed by atoms with van der Waals surface area (Å²) in [6, 6.07) is 1.06. The first-order chi connectivity index (χ1) is 9.17. The lowest BCUT2D eigenvalue weighted by Crippen LogP contribution is -2.43. The molecule has 1 saturated carbocycles. The number of rotatable bonds is 4. The van der Waals surface area contributed by atoms with Crippen LogP contribution in [-0.2, 0) is 6.54 Å². The summed E-state index contributed by atoms with van der Waals surface area (Å²) in [5.74, 6) is 0. The highest BCUT2D eigenvalue weighted by Gasteiger charge is 2.38. The minimum Gasteiger partial charge on any atom is -0.310 e. The maximum atomic E-state index is 4.41. The largest absolute Gasteiger partial charge is 0.310 e. The maximum absolute atomic E-state index is 4.41. The van der Waals surface area contributed by atoms with Crippen LogP contribution in [0.4, 0.5) is 0 Å². The minimum absolute atomic E-state index is 0.441. The number of aromatic nitrogens is 2. The van der Waals surface area contributed by atoms with Gasteiger partial charge in [0, 0.05) is 30.4 Å². The van der Waals surface area contributed by atoms with Gasteiger partial charge in [-0.3, -0.25) is 4.68 Å². The van der Waals surface area contributed by atoms with Gasteiger partial charge in [0.2, 0.25) is 0 Å². The van der Waals surface area contributed by atoms with Crippen LogP contribution < -0.4 is 5.32 Å². The van der Waals surface area contributed by atoms with E-state index in [1.165, 1.54) is 24.8 Å². The van der Waals surface area contributed by atoms with Crippen molar-refractivity contribution < 1.29 is 0 Å². The zero-order valence-electron chi connectivity index (χ0n) is 14.0. The van der Waals surface area contributed by atoms with Crippen molar-refractivity contribution in [3.63, 3.8) is 0 Å². The molecule has 0 aliphatic heterocycles. The Balaban J connectivity index is 1.92. The molecule has 0 radical (unpaired) electrons. The van der Waals surface area contributed by atoms with Crippen LogP contribution in [0.15, 0.2) is 12.4 Å². The summed E-state index contributed by atoms with van der Waals surface area (Å²) in [7, 11) is 0. The molecular weight excluding hydrogens is 246 g/mol. The van der Waals surface area contributed by atoms with Crippen molar-refractivity contribution in [2.45, 2.75) is 79.4 Å². The molecule has 20 heavy (non-hydrogen) atoms. The topological polar surface area (TPSA) is 29.9 Å². The van der Waals surface area contributed by atoms with E-state index in [-0.39, 0.29) is 0 Å². The molecule has 2 rings (SSSR count). The van der Waals surface area contributed by atoms with E-state index in [0.29, 0.717) is 22.9 Å². The second-order valence-corrected chi connectivity index (χ2v) is 8.41. The van der Waals surface area contributed by atoms with Crippen molar-refractivity contribution in [3.05, 3.63) is 18.0 Å². The van der Waals surface area contributed by atoms with E-state index in [1.807, 2.05) is 10.9 Å². The fourth-order valence-electron chi connectivity index (χ4n) is 4.00. The van der Waals surface area contributed by atoms with Crippen LogP contribution in [0.5, 0.6) is 0 Å². The van der Waals surface area contributed by atoms with Gasteiger partial charge in [0.15, 0.2) is 0 Å². The summed E-state index contributed by atoms with van der Waals surface area (Å²) in [4.78, 5) is 0. The molecule has 1 aromatic heterocycles. The molecule has 0 saturated heterocycles. The molecule has 0 amide bonds. The van der Waals surface area contributed by atoms with Crippen LogP contribution in [0.1, 0.15) is 72.4 Å². The van der Waals surface area contributed by atoms with E-state index in [4.69, 9.17) is 0 Å². The smallest absolute Gasteiger partial charge is 0.0534 e. The van der Waals surface area contributed by atoms with Gasteiger partial charge >= 0.3 is 0 Å². The highest BCUT2D eigenvalue weighted by atomic mass is 15.3. The molecule has 1 aromatic rings. The molecule has 0 atom stereocenters. The molecule has 1 N–H and O–H groups in total. The van der Waals surface area contributed by atoms with Gasteiger partial charge in [-0.15, -0.1) is 0 Å². The molecule has 1 aliphatic rings. The highest BCUT2D eigenvalue weighted by Crippen LogP contribution is 2.45. The first-order valence-electron chi connectivity index (χ1n) is 7.93. The lowest BCUT2D eigenvalue weighted by molar-refractivity contribution is 0.0845. The SMILES string of the molecule is CC(C)n1cc(CNC2CC(C)(C)CC(C)(C)C2)cn1. The second-order valence-electron chi connectivity index (χ2n) is 8.41. The molecule has 3 nitrogen and oxygen atoms in total. The zero-order chi connectivity index (χ0) is 15.0. The number of nitrogens with zero attached hydrogens (tertiary/aromatic N) is 2. The Hall–Kier alpha value is -0.830. The van der Waals surface area contributed by atoms with Gasteiger partial charge in [-0.2, -0.15) is 5.10 Å². The number of hydrogen-bond acceptors (Lipinski definition) is 2. The Morgan fingerprint density at radius 3 is 2.35 bits per heavy atom. The highest BCUT2D eigenvalue weighted by molar-refractivity contribution is 5.04. The Morgan fingerprint density at radius 2 is 1.85 bits per heavy atom. The van der Waals surface area contributed by atoms with Crippen molar-refractivity contribution in [2.75, 3.05) is 0 Å². The van der Waals surface area contributed by atoms with Crippen molar-refractivity contribution in [3.8, 4) is 0 Å². The maximum Gasteiger partial charge on any atom is 0.0534 e. The summed E-state index contributed by atoms with van der Waals surface area (Å²) in [5.41, 5.74) is 2.18. The lowest BCUT2D eigenvalue weighted by atomic mass is 9.63. The Bertz CT molecular complexity index is 427. The van der Waals surface area contributed by atoms with Gasteiger partial charge in [-0.05, 0) is 43.9 Å². The van der Waals surface area contributed by atoms with Crippen molar-refractivity contribution >= 4 is 0 Å². The van der Waals surface area contributed by atoms with Crippen LogP contribution in [0, 0.1) is 10.8 Å². The average molecular weight is 277 g/mol. The van der Waals surface area contributed by atoms with E-state index in [9.17, 15) is 0 Å². The molecule has 1 fully saturated rings. The van der Waals surface area contributed by atoms with Crippen LogP contribution in [0.2, 0.25) is 0 Å². The molecule has 1 aliphatic carbocycles. The summed E-state index contributed by atoms with van der Waals surface area (Å²) in [5, 5.41) is 8.16.